The van der Waals surface area contributed by atoms with Crippen molar-refractivity contribution in [3.8, 4) is 0 Å². The zero-order chi connectivity index (χ0) is 46.4. The van der Waals surface area contributed by atoms with Crippen molar-refractivity contribution >= 4 is 11.6 Å². The molecule has 0 aromatic heterocycles. The summed E-state index contributed by atoms with van der Waals surface area (Å²) in [6, 6.07) is 9.43. The van der Waals surface area contributed by atoms with Crippen molar-refractivity contribution in [3.05, 3.63) is 124 Å². The Bertz CT molecular complexity index is 1210. The smallest absolute Gasteiger partial charge is 0.156 e. The van der Waals surface area contributed by atoms with Gasteiger partial charge in [0.25, 0.3) is 0 Å². The van der Waals surface area contributed by atoms with Crippen LogP contribution in [0.15, 0.2) is 119 Å². The molecule has 3 heteroatoms. The molecule has 0 amide bonds. The van der Waals surface area contributed by atoms with E-state index in [4.69, 9.17) is 0 Å². The van der Waals surface area contributed by atoms with Crippen molar-refractivity contribution in [2.75, 3.05) is 0 Å². The van der Waals surface area contributed by atoms with Gasteiger partial charge in [-0.05, 0) is 112 Å². The summed E-state index contributed by atoms with van der Waals surface area (Å²) in [6.07, 6.45) is 15.6. The van der Waals surface area contributed by atoms with Gasteiger partial charge in [-0.15, -0.1) is 39.5 Å². The van der Waals surface area contributed by atoms with Crippen molar-refractivity contribution in [2.45, 2.75) is 174 Å². The second-order valence-electron chi connectivity index (χ2n) is 16.2. The summed E-state index contributed by atoms with van der Waals surface area (Å²) in [5, 5.41) is 3.14. The molecule has 0 bridgehead atoms. The summed E-state index contributed by atoms with van der Waals surface area (Å²) < 4.78 is 0. The average Bonchev–Trinajstić information content (AvgIpc) is 3.76. The van der Waals surface area contributed by atoms with Gasteiger partial charge in [0.05, 0.1) is 0 Å². The highest BCUT2D eigenvalue weighted by atomic mass is 16.1. The monoisotopic (exact) mass is 804 g/mol. The first-order valence-electron chi connectivity index (χ1n) is 22.5. The first-order chi connectivity index (χ1) is 27.5. The Kier molecular flexibility index (Phi) is 44.3. The molecule has 334 valence electrons. The molecular formula is C55H97NO2. The van der Waals surface area contributed by atoms with E-state index in [9.17, 15) is 9.59 Å². The molecule has 5 unspecified atom stereocenters. The number of hydrogen-bond donors (Lipinski definition) is 1. The third-order valence-electron chi connectivity index (χ3n) is 10.3. The van der Waals surface area contributed by atoms with Crippen molar-refractivity contribution in [3.63, 3.8) is 0 Å². The molecule has 2 rings (SSSR count). The maximum absolute atomic E-state index is 14.0. The van der Waals surface area contributed by atoms with Gasteiger partial charge in [0.15, 0.2) is 5.78 Å². The Morgan fingerprint density at radius 1 is 0.862 bits per heavy atom. The van der Waals surface area contributed by atoms with Crippen molar-refractivity contribution in [1.29, 1.82) is 0 Å². The maximum atomic E-state index is 14.0. The predicted octanol–water partition coefficient (Wildman–Crippen LogP) is 17.3. The van der Waals surface area contributed by atoms with E-state index in [2.05, 4.69) is 113 Å². The summed E-state index contributed by atoms with van der Waals surface area (Å²) in [4.78, 5) is 25.4. The zero-order valence-corrected chi connectivity index (χ0v) is 41.0. The highest BCUT2D eigenvalue weighted by Gasteiger charge is 2.37. The fourth-order valence-corrected chi connectivity index (χ4v) is 7.34. The Hall–Kier alpha value is -3.46. The van der Waals surface area contributed by atoms with E-state index in [0.29, 0.717) is 41.8 Å². The Morgan fingerprint density at radius 2 is 1.34 bits per heavy atom. The third kappa shape index (κ3) is 29.7. The summed E-state index contributed by atoms with van der Waals surface area (Å²) in [7, 11) is 0. The molecule has 1 saturated carbocycles. The van der Waals surface area contributed by atoms with Gasteiger partial charge in [0, 0.05) is 18.0 Å². The number of Topliss-reactive ketones (excluding diaryl/α,β-unsaturated/α-hetero) is 2. The lowest BCUT2D eigenvalue weighted by Crippen LogP contribution is -2.31. The molecule has 5 atom stereocenters. The average molecular weight is 804 g/mol. The zero-order valence-electron chi connectivity index (χ0n) is 41.0. The van der Waals surface area contributed by atoms with Crippen LogP contribution in [0.4, 0.5) is 0 Å². The molecule has 1 fully saturated rings. The fraction of sp³-hybridized carbons (Fsp3) is 0.600. The topological polar surface area (TPSA) is 46.2 Å². The number of carbonyl (C=O) groups excluding carboxylic acids is 2. The van der Waals surface area contributed by atoms with E-state index in [1.165, 1.54) is 32.1 Å². The van der Waals surface area contributed by atoms with Crippen LogP contribution in [-0.4, -0.2) is 11.6 Å². The normalized spacial score (nSPS) is 14.1. The molecule has 0 heterocycles. The summed E-state index contributed by atoms with van der Waals surface area (Å²) in [6.45, 7) is 61.3. The van der Waals surface area contributed by atoms with E-state index in [0.717, 1.165) is 54.5 Å². The minimum absolute atomic E-state index is 0.107. The molecule has 0 saturated heterocycles. The molecule has 1 aromatic rings. The van der Waals surface area contributed by atoms with Gasteiger partial charge in [-0.3, -0.25) is 9.59 Å². The van der Waals surface area contributed by atoms with Gasteiger partial charge in [-0.25, -0.2) is 0 Å². The van der Waals surface area contributed by atoms with Gasteiger partial charge in [0.2, 0.25) is 0 Å². The molecular weight excluding hydrogens is 707 g/mol. The highest BCUT2D eigenvalue weighted by Crippen LogP contribution is 2.42. The quantitative estimate of drug-likeness (QED) is 0.105. The number of carbonyl (C=O) groups is 2. The lowest BCUT2D eigenvalue weighted by Gasteiger charge is -2.35. The molecule has 1 aromatic carbocycles. The molecule has 0 aliphatic heterocycles. The number of nitrogens with one attached hydrogen (secondary N) is 1. The molecule has 1 aliphatic carbocycles. The Morgan fingerprint density at radius 3 is 1.71 bits per heavy atom. The molecule has 58 heavy (non-hydrogen) atoms. The summed E-state index contributed by atoms with van der Waals surface area (Å²) >= 11 is 0. The molecule has 3 nitrogen and oxygen atoms in total. The van der Waals surface area contributed by atoms with Crippen LogP contribution in [0, 0.1) is 40.9 Å². The lowest BCUT2D eigenvalue weighted by molar-refractivity contribution is -0.127. The minimum Gasteiger partial charge on any atom is -0.376 e. The van der Waals surface area contributed by atoms with Gasteiger partial charge in [-0.2, -0.15) is 0 Å². The van der Waals surface area contributed by atoms with Crippen LogP contribution < -0.4 is 5.32 Å². The third-order valence-corrected chi connectivity index (χ3v) is 10.3. The van der Waals surface area contributed by atoms with Gasteiger partial charge in [-0.1, -0.05) is 163 Å². The molecule has 1 aliphatic rings. The molecule has 1 N–H and O–H groups in total. The number of ketones is 2. The van der Waals surface area contributed by atoms with E-state index < -0.39 is 0 Å². The van der Waals surface area contributed by atoms with E-state index in [1.807, 2.05) is 78.0 Å². The fourth-order valence-electron chi connectivity index (χ4n) is 7.34. The van der Waals surface area contributed by atoms with E-state index in [1.54, 1.807) is 13.0 Å². The summed E-state index contributed by atoms with van der Waals surface area (Å²) in [5.41, 5.74) is 4.28. The van der Waals surface area contributed by atoms with Gasteiger partial charge in [0.1, 0.15) is 11.8 Å². The first-order valence-corrected chi connectivity index (χ1v) is 22.5. The number of allylic oxidation sites excluding steroid dienone is 5. The van der Waals surface area contributed by atoms with E-state index >= 15 is 0 Å². The standard InChI is InChI=1S/C31H54O.C13H17NO.C3H6.2C2H6.2C2H4/c1-11-13-18-28(24(7)22(3)4)27(19-25(12-2)23(5)6)20-30(32)29(21-31(8,9)10)26-16-14-15-17-26;1-4-10(2)14-13(11(3)15)12-8-6-5-7-9-12;1-3-2;4*1-2/h11,23,25-29H,1,3,7,12-21H2,2,4-6,8-10H3;5-9,13-14H,2,4H2,1,3H3;3H,1H2,2H3;2*1-2H3;2*1-2H2. The Labute approximate surface area is 363 Å². The first kappa shape index (κ1) is 63.7. The number of rotatable bonds is 20. The molecule has 0 radical (unpaired) electrons. The Balaban J connectivity index is -0.000000298. The van der Waals surface area contributed by atoms with Crippen LogP contribution in [0.1, 0.15) is 179 Å². The maximum Gasteiger partial charge on any atom is 0.156 e. The number of benzene rings is 1. The SMILES string of the molecule is C=C.C=C.C=C(CC)NC(C(C)=O)c1ccccc1.C=CC.C=CCCC(C(=C)C(=C)C)C(CC(=O)C(CC(C)(C)C)C1CCCC1)CC(CC)C(C)C.CC.CC. The van der Waals surface area contributed by atoms with Crippen LogP contribution in [0.5, 0.6) is 0 Å². The van der Waals surface area contributed by atoms with Crippen LogP contribution in [0.3, 0.4) is 0 Å². The minimum atomic E-state index is -0.265. The van der Waals surface area contributed by atoms with Crippen LogP contribution in [-0.2, 0) is 9.59 Å². The summed E-state index contributed by atoms with van der Waals surface area (Å²) in [5.74, 6) is 3.39. The van der Waals surface area contributed by atoms with Crippen LogP contribution >= 0.6 is 0 Å². The second kappa shape index (κ2) is 40.3. The van der Waals surface area contributed by atoms with E-state index in [-0.39, 0.29) is 23.2 Å². The van der Waals surface area contributed by atoms with Gasteiger partial charge >= 0.3 is 0 Å². The van der Waals surface area contributed by atoms with Crippen molar-refractivity contribution < 1.29 is 9.59 Å². The van der Waals surface area contributed by atoms with Crippen molar-refractivity contribution in [2.24, 2.45) is 40.9 Å². The highest BCUT2D eigenvalue weighted by molar-refractivity contribution is 5.83. The van der Waals surface area contributed by atoms with Crippen LogP contribution in [0.25, 0.3) is 0 Å². The predicted molar refractivity (Wildman–Crippen MR) is 266 cm³/mol. The lowest BCUT2D eigenvalue weighted by atomic mass is 9.69. The molecule has 0 spiro atoms. The van der Waals surface area contributed by atoms with Crippen LogP contribution in [0.2, 0.25) is 0 Å². The van der Waals surface area contributed by atoms with Crippen molar-refractivity contribution in [1.82, 2.24) is 5.32 Å². The van der Waals surface area contributed by atoms with Gasteiger partial charge < -0.3 is 5.32 Å². The largest absolute Gasteiger partial charge is 0.376 e. The second-order valence-corrected chi connectivity index (χ2v) is 16.2. The number of hydrogen-bond acceptors (Lipinski definition) is 3.